The van der Waals surface area contributed by atoms with E-state index in [2.05, 4.69) is 15.0 Å². The normalized spacial score (nSPS) is 18.5. The molecular weight excluding hydrogens is 524 g/mol. The van der Waals surface area contributed by atoms with Crippen LogP contribution in [0.15, 0.2) is 66.9 Å². The van der Waals surface area contributed by atoms with E-state index >= 15 is 0 Å². The highest BCUT2D eigenvalue weighted by molar-refractivity contribution is 6.00. The highest BCUT2D eigenvalue weighted by Crippen LogP contribution is 2.40. The molecule has 2 heterocycles. The number of anilines is 1. The zero-order valence-electron chi connectivity index (χ0n) is 21.4. The molecule has 5 nitrogen and oxygen atoms in total. The van der Waals surface area contributed by atoms with Gasteiger partial charge >= 0.3 is 12.5 Å². The smallest absolute Gasteiger partial charge is 0.406 e. The van der Waals surface area contributed by atoms with Crippen molar-refractivity contribution in [3.8, 4) is 5.75 Å². The molecule has 0 bridgehead atoms. The van der Waals surface area contributed by atoms with Crippen molar-refractivity contribution in [2.24, 2.45) is 0 Å². The van der Waals surface area contributed by atoms with E-state index < -0.39 is 41.6 Å². The summed E-state index contributed by atoms with van der Waals surface area (Å²) < 4.78 is 80.8. The fourth-order valence-corrected chi connectivity index (χ4v) is 4.74. The molecule has 0 saturated carbocycles. The van der Waals surface area contributed by atoms with E-state index in [0.29, 0.717) is 17.7 Å². The second-order valence-corrected chi connectivity index (χ2v) is 9.85. The number of rotatable bonds is 7. The average Bonchev–Trinajstić information content (AvgIpc) is 3.18. The number of nitrogens with one attached hydrogen (secondary N) is 1. The number of ether oxygens (including phenoxy) is 1. The zero-order chi connectivity index (χ0) is 28.6. The van der Waals surface area contributed by atoms with E-state index in [9.17, 15) is 31.1 Å². The second-order valence-electron chi connectivity index (χ2n) is 9.85. The number of alkyl halides is 6. The van der Waals surface area contributed by atoms with E-state index in [4.69, 9.17) is 0 Å². The number of aromatic nitrogens is 1. The van der Waals surface area contributed by atoms with Crippen LogP contribution in [-0.2, 0) is 22.9 Å². The first-order chi connectivity index (χ1) is 18.2. The molecule has 2 unspecified atom stereocenters. The average molecular weight is 552 g/mol. The summed E-state index contributed by atoms with van der Waals surface area (Å²) >= 11 is 0. The molecule has 4 rings (SSSR count). The van der Waals surface area contributed by atoms with E-state index in [1.54, 1.807) is 13.8 Å². The van der Waals surface area contributed by atoms with E-state index in [1.807, 2.05) is 31.2 Å². The number of hydrogen-bond donors (Lipinski definition) is 1. The third-order valence-electron chi connectivity index (χ3n) is 6.71. The molecule has 208 valence electrons. The van der Waals surface area contributed by atoms with Crippen LogP contribution in [-0.4, -0.2) is 23.3 Å². The van der Waals surface area contributed by atoms with Gasteiger partial charge in [-0.1, -0.05) is 37.3 Å². The van der Waals surface area contributed by atoms with Crippen molar-refractivity contribution in [2.75, 3.05) is 4.90 Å². The van der Waals surface area contributed by atoms with Gasteiger partial charge < -0.3 is 9.64 Å². The van der Waals surface area contributed by atoms with Crippen LogP contribution in [0, 0.1) is 0 Å². The lowest BCUT2D eigenvalue weighted by atomic mass is 9.93. The Kier molecular flexibility index (Phi) is 7.66. The van der Waals surface area contributed by atoms with Crippen LogP contribution in [0.25, 0.3) is 0 Å². The molecule has 2 aromatic carbocycles. The summed E-state index contributed by atoms with van der Waals surface area (Å²) in [5, 5.41) is 3.26. The van der Waals surface area contributed by atoms with Gasteiger partial charge in [-0.25, -0.2) is 0 Å². The van der Waals surface area contributed by atoms with Crippen LogP contribution in [0.1, 0.15) is 55.6 Å². The second kappa shape index (κ2) is 10.5. The summed E-state index contributed by atoms with van der Waals surface area (Å²) in [4.78, 5) is 18.8. The molecule has 2 atom stereocenters. The third-order valence-corrected chi connectivity index (χ3v) is 6.71. The largest absolute Gasteiger partial charge is 0.573 e. The SMILES string of the molecule is CCc1cccc(C2CC(NC(C)(C)c3ccc(C(F)(F)F)nc3)C(=O)N2c2ccc(OC(F)(F)F)cc2)c1. The van der Waals surface area contributed by atoms with Crippen LogP contribution >= 0.6 is 0 Å². The molecule has 11 heteroatoms. The van der Waals surface area contributed by atoms with Crippen LogP contribution in [0.3, 0.4) is 0 Å². The van der Waals surface area contributed by atoms with Crippen molar-refractivity contribution < 1.29 is 35.9 Å². The van der Waals surface area contributed by atoms with Gasteiger partial charge in [0.15, 0.2) is 0 Å². The van der Waals surface area contributed by atoms with Gasteiger partial charge in [-0.3, -0.25) is 15.1 Å². The molecule has 1 aliphatic rings. The fraction of sp³-hybridized carbons (Fsp3) is 0.357. The maximum atomic E-state index is 13.7. The Bertz CT molecular complexity index is 1300. The number of halogens is 6. The number of amides is 1. The highest BCUT2D eigenvalue weighted by atomic mass is 19.4. The summed E-state index contributed by atoms with van der Waals surface area (Å²) in [6, 6.07) is 13.8. The first-order valence-corrected chi connectivity index (χ1v) is 12.3. The molecule has 0 spiro atoms. The summed E-state index contributed by atoms with van der Waals surface area (Å²) in [6.07, 6.45) is -7.19. The molecule has 39 heavy (non-hydrogen) atoms. The third kappa shape index (κ3) is 6.52. The molecule has 1 amide bonds. The van der Waals surface area contributed by atoms with E-state index in [1.165, 1.54) is 23.1 Å². The van der Waals surface area contributed by atoms with Gasteiger partial charge in [-0.05, 0) is 73.7 Å². The van der Waals surface area contributed by atoms with Gasteiger partial charge in [-0.15, -0.1) is 13.2 Å². The minimum Gasteiger partial charge on any atom is -0.406 e. The van der Waals surface area contributed by atoms with Gasteiger partial charge in [0, 0.05) is 17.4 Å². The van der Waals surface area contributed by atoms with Gasteiger partial charge in [0.25, 0.3) is 0 Å². The van der Waals surface area contributed by atoms with Crippen LogP contribution in [0.4, 0.5) is 32.0 Å². The van der Waals surface area contributed by atoms with Crippen LogP contribution < -0.4 is 15.0 Å². The Morgan fingerprint density at radius 3 is 2.26 bits per heavy atom. The number of benzene rings is 2. The maximum Gasteiger partial charge on any atom is 0.573 e. The lowest BCUT2D eigenvalue weighted by molar-refractivity contribution is -0.274. The number of pyridine rings is 1. The minimum absolute atomic E-state index is 0.320. The lowest BCUT2D eigenvalue weighted by Gasteiger charge is -2.30. The molecular formula is C28H27F6N3O2. The summed E-state index contributed by atoms with van der Waals surface area (Å²) in [6.45, 7) is 5.48. The van der Waals surface area contributed by atoms with Gasteiger partial charge in [0.2, 0.25) is 5.91 Å². The topological polar surface area (TPSA) is 54.5 Å². The van der Waals surface area contributed by atoms with Crippen molar-refractivity contribution in [1.29, 1.82) is 0 Å². The molecule has 1 saturated heterocycles. The molecule has 3 aromatic rings. The minimum atomic E-state index is -4.85. The molecule has 0 radical (unpaired) electrons. The molecule has 1 fully saturated rings. The van der Waals surface area contributed by atoms with Gasteiger partial charge in [0.1, 0.15) is 11.4 Å². The van der Waals surface area contributed by atoms with Crippen molar-refractivity contribution >= 4 is 11.6 Å². The van der Waals surface area contributed by atoms with Crippen molar-refractivity contribution in [3.63, 3.8) is 0 Å². The Hall–Kier alpha value is -3.60. The van der Waals surface area contributed by atoms with Crippen molar-refractivity contribution in [2.45, 2.75) is 63.8 Å². The predicted molar refractivity (Wildman–Crippen MR) is 133 cm³/mol. The Balaban J connectivity index is 1.64. The van der Waals surface area contributed by atoms with Crippen LogP contribution in [0.5, 0.6) is 5.75 Å². The number of carbonyl (C=O) groups is 1. The van der Waals surface area contributed by atoms with E-state index in [-0.39, 0.29) is 5.91 Å². The number of aryl methyl sites for hydroxylation is 1. The number of nitrogens with zero attached hydrogens (tertiary/aromatic N) is 2. The van der Waals surface area contributed by atoms with Crippen molar-refractivity contribution in [3.05, 3.63) is 89.2 Å². The summed E-state index contributed by atoms with van der Waals surface area (Å²) in [7, 11) is 0. The van der Waals surface area contributed by atoms with Gasteiger partial charge in [0.05, 0.1) is 12.1 Å². The first kappa shape index (κ1) is 28.4. The molecule has 1 aliphatic heterocycles. The predicted octanol–water partition coefficient (Wildman–Crippen LogP) is 6.93. The zero-order valence-corrected chi connectivity index (χ0v) is 21.4. The monoisotopic (exact) mass is 551 g/mol. The van der Waals surface area contributed by atoms with Crippen LogP contribution in [0.2, 0.25) is 0 Å². The standard InChI is InChI=1S/C28H27F6N3O2/c1-4-17-6-5-7-18(14-17)23-15-22(36-26(2,3)19-8-13-24(35-16-19)27(29,30)31)25(38)37(23)20-9-11-21(12-10-20)39-28(32,33)34/h5-14,16,22-23,36H,4,15H2,1-3H3. The first-order valence-electron chi connectivity index (χ1n) is 12.3. The Morgan fingerprint density at radius 2 is 1.69 bits per heavy atom. The van der Waals surface area contributed by atoms with Crippen molar-refractivity contribution in [1.82, 2.24) is 10.3 Å². The maximum absolute atomic E-state index is 13.7. The Labute approximate surface area is 221 Å². The van der Waals surface area contributed by atoms with E-state index in [0.717, 1.165) is 41.9 Å². The lowest BCUT2D eigenvalue weighted by Crippen LogP contribution is -2.47. The fourth-order valence-electron chi connectivity index (χ4n) is 4.74. The number of hydrogen-bond acceptors (Lipinski definition) is 4. The molecule has 0 aliphatic carbocycles. The number of carbonyl (C=O) groups excluding carboxylic acids is 1. The Morgan fingerprint density at radius 1 is 1.00 bits per heavy atom. The quantitative estimate of drug-likeness (QED) is 0.324. The summed E-state index contributed by atoms with van der Waals surface area (Å²) in [5.74, 6) is -0.729. The van der Waals surface area contributed by atoms with Gasteiger partial charge in [-0.2, -0.15) is 13.2 Å². The highest BCUT2D eigenvalue weighted by Gasteiger charge is 2.44. The molecule has 1 aromatic heterocycles. The molecule has 1 N–H and O–H groups in total. The summed E-state index contributed by atoms with van der Waals surface area (Å²) in [5.41, 5.74) is 0.824.